The van der Waals surface area contributed by atoms with Crippen molar-refractivity contribution in [3.05, 3.63) is 51.5 Å². The van der Waals surface area contributed by atoms with Gasteiger partial charge in [0, 0.05) is 5.38 Å². The van der Waals surface area contributed by atoms with Gasteiger partial charge in [0.1, 0.15) is 12.6 Å². The molecule has 1 aliphatic heterocycles. The third-order valence-corrected chi connectivity index (χ3v) is 4.41. The normalized spacial score (nSPS) is 14.8. The molecule has 2 aromatic rings. The summed E-state index contributed by atoms with van der Waals surface area (Å²) in [6.45, 7) is 3.37. The molecule has 0 N–H and O–H groups in total. The first-order chi connectivity index (χ1) is 11.0. The standard InChI is InChI=1S/C16H14N2O4S/c1-9(16(21)22-7-11-8-23-10(2)17-11)18-14(19)12-5-3-4-6-13(12)15(18)20/h3-6,8-9H,7H2,1-2H3/t9-/m1/s1. The number of fused-ring (bicyclic) bond motifs is 1. The van der Waals surface area contributed by atoms with E-state index in [1.54, 1.807) is 29.6 Å². The van der Waals surface area contributed by atoms with E-state index in [1.165, 1.54) is 18.3 Å². The zero-order chi connectivity index (χ0) is 16.6. The highest BCUT2D eigenvalue weighted by Crippen LogP contribution is 2.24. The lowest BCUT2D eigenvalue weighted by molar-refractivity contribution is -0.149. The fraction of sp³-hybridized carbons (Fsp3) is 0.250. The highest BCUT2D eigenvalue weighted by atomic mass is 32.1. The molecule has 1 aliphatic rings. The van der Waals surface area contributed by atoms with Gasteiger partial charge in [-0.05, 0) is 26.0 Å². The molecule has 2 amide bonds. The SMILES string of the molecule is Cc1nc(COC(=O)[C@@H](C)N2C(=O)c3ccccc3C2=O)cs1. The molecule has 7 heteroatoms. The van der Waals surface area contributed by atoms with E-state index < -0.39 is 23.8 Å². The van der Waals surface area contributed by atoms with Crippen molar-refractivity contribution in [2.45, 2.75) is 26.5 Å². The fourth-order valence-electron chi connectivity index (χ4n) is 2.41. The van der Waals surface area contributed by atoms with E-state index >= 15 is 0 Å². The first-order valence-corrected chi connectivity index (χ1v) is 7.91. The Labute approximate surface area is 136 Å². The Morgan fingerprint density at radius 1 is 1.26 bits per heavy atom. The average Bonchev–Trinajstić information content (AvgIpc) is 3.07. The number of thiazole rings is 1. The third-order valence-electron chi connectivity index (χ3n) is 3.58. The van der Waals surface area contributed by atoms with Gasteiger partial charge in [-0.2, -0.15) is 0 Å². The molecule has 1 atom stereocenters. The van der Waals surface area contributed by atoms with E-state index in [-0.39, 0.29) is 6.61 Å². The number of amides is 2. The van der Waals surface area contributed by atoms with E-state index in [1.807, 2.05) is 6.92 Å². The number of esters is 1. The van der Waals surface area contributed by atoms with Crippen LogP contribution in [0, 0.1) is 6.92 Å². The van der Waals surface area contributed by atoms with E-state index in [4.69, 9.17) is 4.74 Å². The third kappa shape index (κ3) is 2.75. The van der Waals surface area contributed by atoms with Crippen LogP contribution < -0.4 is 0 Å². The van der Waals surface area contributed by atoms with Crippen molar-refractivity contribution in [3.8, 4) is 0 Å². The van der Waals surface area contributed by atoms with Crippen LogP contribution in [0.2, 0.25) is 0 Å². The van der Waals surface area contributed by atoms with Gasteiger partial charge in [0.15, 0.2) is 0 Å². The van der Waals surface area contributed by atoms with E-state index in [9.17, 15) is 14.4 Å². The molecule has 1 aromatic carbocycles. The largest absolute Gasteiger partial charge is 0.458 e. The Balaban J connectivity index is 1.71. The van der Waals surface area contributed by atoms with Gasteiger partial charge in [0.2, 0.25) is 0 Å². The molecule has 118 valence electrons. The molecule has 6 nitrogen and oxygen atoms in total. The Morgan fingerprint density at radius 2 is 1.87 bits per heavy atom. The Bertz CT molecular complexity index is 764. The summed E-state index contributed by atoms with van der Waals surface area (Å²) in [5.41, 5.74) is 1.27. The van der Waals surface area contributed by atoms with Crippen LogP contribution in [0.25, 0.3) is 0 Å². The number of hydrogen-bond acceptors (Lipinski definition) is 6. The second kappa shape index (κ2) is 5.92. The Hall–Kier alpha value is -2.54. The number of carbonyl (C=O) groups is 3. The van der Waals surface area contributed by atoms with Crippen LogP contribution in [0.15, 0.2) is 29.6 Å². The van der Waals surface area contributed by atoms with Crippen LogP contribution in [-0.2, 0) is 16.1 Å². The van der Waals surface area contributed by atoms with Gasteiger partial charge in [-0.3, -0.25) is 14.5 Å². The number of imide groups is 1. The minimum absolute atomic E-state index is 0.0245. The van der Waals surface area contributed by atoms with Gasteiger partial charge in [0.25, 0.3) is 11.8 Å². The van der Waals surface area contributed by atoms with E-state index in [0.29, 0.717) is 16.8 Å². The molecule has 0 bridgehead atoms. The molecule has 2 heterocycles. The number of aryl methyl sites for hydroxylation is 1. The maximum Gasteiger partial charge on any atom is 0.329 e. The molecule has 0 saturated carbocycles. The number of hydrogen-bond donors (Lipinski definition) is 0. The smallest absolute Gasteiger partial charge is 0.329 e. The summed E-state index contributed by atoms with van der Waals surface area (Å²) in [6.07, 6.45) is 0. The molecule has 23 heavy (non-hydrogen) atoms. The van der Waals surface area contributed by atoms with Crippen molar-refractivity contribution >= 4 is 29.1 Å². The van der Waals surface area contributed by atoms with Gasteiger partial charge >= 0.3 is 5.97 Å². The minimum atomic E-state index is -0.984. The van der Waals surface area contributed by atoms with Gasteiger partial charge in [-0.15, -0.1) is 11.3 Å². The predicted molar refractivity (Wildman–Crippen MR) is 83.1 cm³/mol. The summed E-state index contributed by atoms with van der Waals surface area (Å²) in [5.74, 6) is -1.58. The van der Waals surface area contributed by atoms with Gasteiger partial charge in [-0.25, -0.2) is 9.78 Å². The van der Waals surface area contributed by atoms with Crippen LogP contribution in [0.4, 0.5) is 0 Å². The lowest BCUT2D eigenvalue weighted by Gasteiger charge is -2.20. The second-order valence-corrected chi connectivity index (χ2v) is 6.23. The molecule has 0 unspecified atom stereocenters. The second-order valence-electron chi connectivity index (χ2n) is 5.17. The molecular weight excluding hydrogens is 316 g/mol. The van der Waals surface area contributed by atoms with Crippen molar-refractivity contribution in [3.63, 3.8) is 0 Å². The maximum absolute atomic E-state index is 12.3. The lowest BCUT2D eigenvalue weighted by Crippen LogP contribution is -2.43. The summed E-state index contributed by atoms with van der Waals surface area (Å²) in [6, 6.07) is 5.53. The average molecular weight is 330 g/mol. The van der Waals surface area contributed by atoms with Crippen molar-refractivity contribution in [1.82, 2.24) is 9.88 Å². The van der Waals surface area contributed by atoms with Crippen LogP contribution in [0.5, 0.6) is 0 Å². The highest BCUT2D eigenvalue weighted by molar-refractivity contribution is 7.09. The van der Waals surface area contributed by atoms with E-state index in [0.717, 1.165) is 9.91 Å². The summed E-state index contributed by atoms with van der Waals surface area (Å²) < 4.78 is 5.17. The van der Waals surface area contributed by atoms with Crippen LogP contribution in [0.1, 0.15) is 38.3 Å². The number of aromatic nitrogens is 1. The highest BCUT2D eigenvalue weighted by Gasteiger charge is 2.41. The molecule has 0 spiro atoms. The molecule has 0 fully saturated rings. The number of benzene rings is 1. The topological polar surface area (TPSA) is 76.6 Å². The number of carbonyl (C=O) groups excluding carboxylic acids is 3. The first kappa shape index (κ1) is 15.4. The van der Waals surface area contributed by atoms with Crippen LogP contribution in [-0.4, -0.2) is 33.7 Å². The Kier molecular flexibility index (Phi) is 3.96. The monoisotopic (exact) mass is 330 g/mol. The summed E-state index contributed by atoms with van der Waals surface area (Å²) in [4.78, 5) is 41.9. The first-order valence-electron chi connectivity index (χ1n) is 7.03. The van der Waals surface area contributed by atoms with Gasteiger partial charge < -0.3 is 4.74 Å². The summed E-state index contributed by atoms with van der Waals surface area (Å²) in [7, 11) is 0. The van der Waals surface area contributed by atoms with Gasteiger partial charge in [-0.1, -0.05) is 12.1 Å². The summed E-state index contributed by atoms with van der Waals surface area (Å²) in [5, 5.41) is 2.68. The van der Waals surface area contributed by atoms with Crippen LogP contribution in [0.3, 0.4) is 0 Å². The predicted octanol–water partition coefficient (Wildman–Crippen LogP) is 2.18. The molecule has 0 radical (unpaired) electrons. The fourth-order valence-corrected chi connectivity index (χ4v) is 3.00. The molecule has 0 aliphatic carbocycles. The number of nitrogens with zero attached hydrogens (tertiary/aromatic N) is 2. The quantitative estimate of drug-likeness (QED) is 0.634. The summed E-state index contributed by atoms with van der Waals surface area (Å²) >= 11 is 1.46. The minimum Gasteiger partial charge on any atom is -0.458 e. The zero-order valence-electron chi connectivity index (χ0n) is 12.6. The molecule has 1 aromatic heterocycles. The maximum atomic E-state index is 12.3. The van der Waals surface area contributed by atoms with E-state index in [2.05, 4.69) is 4.98 Å². The van der Waals surface area contributed by atoms with Gasteiger partial charge in [0.05, 0.1) is 21.8 Å². The van der Waals surface area contributed by atoms with Crippen molar-refractivity contribution < 1.29 is 19.1 Å². The number of ether oxygens (including phenoxy) is 1. The van der Waals surface area contributed by atoms with Crippen LogP contribution >= 0.6 is 11.3 Å². The molecule has 0 saturated heterocycles. The Morgan fingerprint density at radius 3 is 2.39 bits per heavy atom. The molecule has 3 rings (SSSR count). The van der Waals surface area contributed by atoms with Crippen molar-refractivity contribution in [2.24, 2.45) is 0 Å². The zero-order valence-corrected chi connectivity index (χ0v) is 13.4. The van der Waals surface area contributed by atoms with Crippen molar-refractivity contribution in [2.75, 3.05) is 0 Å². The molecular formula is C16H14N2O4S. The van der Waals surface area contributed by atoms with Crippen molar-refractivity contribution in [1.29, 1.82) is 0 Å². The lowest BCUT2D eigenvalue weighted by atomic mass is 10.1. The number of rotatable bonds is 4.